The van der Waals surface area contributed by atoms with Gasteiger partial charge in [0.15, 0.2) is 0 Å². The molecule has 0 bridgehead atoms. The lowest BCUT2D eigenvalue weighted by Crippen LogP contribution is -2.38. The van der Waals surface area contributed by atoms with E-state index in [-0.39, 0.29) is 6.09 Å². The third-order valence-electron chi connectivity index (χ3n) is 5.38. The SMILES string of the molecule is COCCN1CCCc2cc3c(c(C#N)c21)CCN(C(=O)OC(C)(C)C)CC3. The summed E-state index contributed by atoms with van der Waals surface area (Å²) in [5.41, 5.74) is 4.91. The summed E-state index contributed by atoms with van der Waals surface area (Å²) >= 11 is 0. The molecular formula is C22H31N3O3. The van der Waals surface area contributed by atoms with Gasteiger partial charge in [-0.2, -0.15) is 5.26 Å². The number of methoxy groups -OCH3 is 1. The van der Waals surface area contributed by atoms with E-state index in [2.05, 4.69) is 17.0 Å². The van der Waals surface area contributed by atoms with Gasteiger partial charge in [0, 0.05) is 33.3 Å². The van der Waals surface area contributed by atoms with Gasteiger partial charge in [-0.3, -0.25) is 0 Å². The lowest BCUT2D eigenvalue weighted by Gasteiger charge is -2.33. The van der Waals surface area contributed by atoms with Crippen LogP contribution in [-0.2, 0) is 28.7 Å². The van der Waals surface area contributed by atoms with E-state index in [4.69, 9.17) is 9.47 Å². The number of amides is 1. The Morgan fingerprint density at radius 1 is 1.18 bits per heavy atom. The Labute approximate surface area is 168 Å². The molecule has 3 rings (SSSR count). The van der Waals surface area contributed by atoms with Gasteiger partial charge in [0.2, 0.25) is 0 Å². The van der Waals surface area contributed by atoms with Crippen molar-refractivity contribution in [2.24, 2.45) is 0 Å². The topological polar surface area (TPSA) is 65.8 Å². The fraction of sp³-hybridized carbons (Fsp3) is 0.636. The van der Waals surface area contributed by atoms with E-state index in [0.29, 0.717) is 26.1 Å². The summed E-state index contributed by atoms with van der Waals surface area (Å²) in [6.45, 7) is 9.24. The number of nitriles is 1. The van der Waals surface area contributed by atoms with E-state index in [1.807, 2.05) is 20.8 Å². The second kappa shape index (κ2) is 8.40. The summed E-state index contributed by atoms with van der Waals surface area (Å²) in [7, 11) is 1.71. The second-order valence-corrected chi connectivity index (χ2v) is 8.56. The van der Waals surface area contributed by atoms with Crippen LogP contribution < -0.4 is 4.90 Å². The molecule has 0 aliphatic carbocycles. The molecule has 0 saturated heterocycles. The van der Waals surface area contributed by atoms with Crippen LogP contribution in [-0.4, -0.2) is 56.5 Å². The largest absolute Gasteiger partial charge is 0.444 e. The quantitative estimate of drug-likeness (QED) is 0.799. The smallest absolute Gasteiger partial charge is 0.410 e. The molecule has 2 aliphatic rings. The molecule has 2 aliphatic heterocycles. The van der Waals surface area contributed by atoms with Crippen molar-refractivity contribution < 1.29 is 14.3 Å². The number of carbonyl (C=O) groups is 1. The predicted octanol–water partition coefficient (Wildman–Crippen LogP) is 3.29. The first-order valence-corrected chi connectivity index (χ1v) is 10.1. The number of aryl methyl sites for hydroxylation is 1. The molecule has 0 aromatic heterocycles. The summed E-state index contributed by atoms with van der Waals surface area (Å²) < 4.78 is 10.8. The van der Waals surface area contributed by atoms with Crippen LogP contribution >= 0.6 is 0 Å². The fourth-order valence-corrected chi connectivity index (χ4v) is 4.13. The van der Waals surface area contributed by atoms with Gasteiger partial charge in [-0.15, -0.1) is 0 Å². The van der Waals surface area contributed by atoms with Gasteiger partial charge in [-0.25, -0.2) is 4.79 Å². The van der Waals surface area contributed by atoms with Crippen molar-refractivity contribution >= 4 is 11.8 Å². The number of nitrogens with zero attached hydrogens (tertiary/aromatic N) is 3. The molecule has 0 atom stereocenters. The van der Waals surface area contributed by atoms with Crippen LogP contribution in [0, 0.1) is 11.3 Å². The monoisotopic (exact) mass is 385 g/mol. The lowest BCUT2D eigenvalue weighted by molar-refractivity contribution is 0.0258. The molecule has 0 N–H and O–H groups in total. The second-order valence-electron chi connectivity index (χ2n) is 8.56. The minimum atomic E-state index is -0.505. The molecule has 1 amide bonds. The first-order valence-electron chi connectivity index (χ1n) is 10.1. The molecule has 28 heavy (non-hydrogen) atoms. The van der Waals surface area contributed by atoms with Crippen LogP contribution in [0.15, 0.2) is 6.07 Å². The molecule has 1 aromatic rings. The highest BCUT2D eigenvalue weighted by Gasteiger charge is 2.29. The number of anilines is 1. The Bertz CT molecular complexity index is 777. The molecule has 2 heterocycles. The van der Waals surface area contributed by atoms with E-state index in [0.717, 1.165) is 49.2 Å². The van der Waals surface area contributed by atoms with Crippen molar-refractivity contribution in [2.45, 2.75) is 52.1 Å². The number of fused-ring (bicyclic) bond motifs is 2. The maximum Gasteiger partial charge on any atom is 0.410 e. The molecule has 0 unspecified atom stereocenters. The van der Waals surface area contributed by atoms with Crippen molar-refractivity contribution in [3.63, 3.8) is 0 Å². The summed E-state index contributed by atoms with van der Waals surface area (Å²) in [5.74, 6) is 0. The van der Waals surface area contributed by atoms with Crippen LogP contribution in [0.4, 0.5) is 10.5 Å². The third-order valence-corrected chi connectivity index (χ3v) is 5.38. The molecule has 0 fully saturated rings. The number of rotatable bonds is 3. The predicted molar refractivity (Wildman–Crippen MR) is 109 cm³/mol. The average molecular weight is 386 g/mol. The third kappa shape index (κ3) is 4.41. The highest BCUT2D eigenvalue weighted by atomic mass is 16.6. The van der Waals surface area contributed by atoms with E-state index in [1.54, 1.807) is 12.0 Å². The number of hydrogen-bond acceptors (Lipinski definition) is 5. The van der Waals surface area contributed by atoms with Gasteiger partial charge >= 0.3 is 6.09 Å². The molecule has 6 heteroatoms. The van der Waals surface area contributed by atoms with Crippen molar-refractivity contribution in [3.8, 4) is 6.07 Å². The summed E-state index contributed by atoms with van der Waals surface area (Å²) in [5, 5.41) is 10.00. The minimum Gasteiger partial charge on any atom is -0.444 e. The molecular weight excluding hydrogens is 354 g/mol. The average Bonchev–Trinajstić information content (AvgIpc) is 2.85. The van der Waals surface area contributed by atoms with Crippen LogP contribution in [0.2, 0.25) is 0 Å². The maximum atomic E-state index is 12.5. The van der Waals surface area contributed by atoms with E-state index in [9.17, 15) is 10.1 Å². The van der Waals surface area contributed by atoms with Gasteiger partial charge < -0.3 is 19.3 Å². The Kier molecular flexibility index (Phi) is 6.14. The first-order chi connectivity index (χ1) is 13.3. The standard InChI is InChI=1S/C22H31N3O3/c1-22(2,3)28-21(26)25-10-7-16-14-17-6-5-9-24(12-13-27-4)20(17)19(15-23)18(16)8-11-25/h14H,5-13H2,1-4H3. The Hall–Kier alpha value is -2.26. The Morgan fingerprint density at radius 2 is 1.93 bits per heavy atom. The van der Waals surface area contributed by atoms with Crippen molar-refractivity contribution in [1.29, 1.82) is 5.26 Å². The maximum absolute atomic E-state index is 12.5. The molecule has 0 radical (unpaired) electrons. The number of ether oxygens (including phenoxy) is 2. The molecule has 1 aromatic carbocycles. The normalized spacial score (nSPS) is 16.7. The van der Waals surface area contributed by atoms with Gasteiger partial charge in [-0.1, -0.05) is 6.07 Å². The molecule has 0 spiro atoms. The lowest BCUT2D eigenvalue weighted by atomic mass is 9.88. The van der Waals surface area contributed by atoms with Gasteiger partial charge in [-0.05, 0) is 63.1 Å². The van der Waals surface area contributed by atoms with Crippen LogP contribution in [0.5, 0.6) is 0 Å². The zero-order valence-electron chi connectivity index (χ0n) is 17.5. The van der Waals surface area contributed by atoms with Crippen LogP contribution in [0.1, 0.15) is 49.4 Å². The Morgan fingerprint density at radius 3 is 2.61 bits per heavy atom. The Balaban J connectivity index is 1.89. The van der Waals surface area contributed by atoms with Gasteiger partial charge in [0.1, 0.15) is 11.7 Å². The van der Waals surface area contributed by atoms with E-state index >= 15 is 0 Å². The van der Waals surface area contributed by atoms with Gasteiger partial charge in [0.05, 0.1) is 17.9 Å². The zero-order chi connectivity index (χ0) is 20.3. The summed E-state index contributed by atoms with van der Waals surface area (Å²) in [6.07, 6.45) is 3.25. The van der Waals surface area contributed by atoms with Crippen molar-refractivity contribution in [1.82, 2.24) is 4.90 Å². The number of carbonyl (C=O) groups excluding carboxylic acids is 1. The van der Waals surface area contributed by atoms with Crippen LogP contribution in [0.25, 0.3) is 0 Å². The molecule has 6 nitrogen and oxygen atoms in total. The number of benzene rings is 1. The summed E-state index contributed by atoms with van der Waals surface area (Å²) in [6, 6.07) is 4.75. The van der Waals surface area contributed by atoms with Crippen molar-refractivity contribution in [2.75, 3.05) is 44.8 Å². The van der Waals surface area contributed by atoms with Gasteiger partial charge in [0.25, 0.3) is 0 Å². The number of hydrogen-bond donors (Lipinski definition) is 0. The zero-order valence-corrected chi connectivity index (χ0v) is 17.5. The first kappa shape index (κ1) is 20.5. The fourth-order valence-electron chi connectivity index (χ4n) is 4.13. The molecule has 152 valence electrons. The van der Waals surface area contributed by atoms with E-state index < -0.39 is 5.60 Å². The summed E-state index contributed by atoms with van der Waals surface area (Å²) in [4.78, 5) is 16.6. The van der Waals surface area contributed by atoms with Crippen molar-refractivity contribution in [3.05, 3.63) is 28.3 Å². The highest BCUT2D eigenvalue weighted by molar-refractivity contribution is 5.71. The van der Waals surface area contributed by atoms with Crippen LogP contribution in [0.3, 0.4) is 0 Å². The van der Waals surface area contributed by atoms with E-state index in [1.165, 1.54) is 11.1 Å². The minimum absolute atomic E-state index is 0.273. The highest BCUT2D eigenvalue weighted by Crippen LogP contribution is 2.36. The molecule has 0 saturated carbocycles.